The predicted octanol–water partition coefficient (Wildman–Crippen LogP) is 5.82. The molecule has 1 amide bonds. The lowest BCUT2D eigenvalue weighted by molar-refractivity contribution is 0.0499. The van der Waals surface area contributed by atoms with Gasteiger partial charge in [-0.15, -0.1) is 0 Å². The zero-order valence-electron chi connectivity index (χ0n) is 19.9. The molecule has 1 aromatic carbocycles. The normalized spacial score (nSPS) is 23.6. The van der Waals surface area contributed by atoms with Crippen LogP contribution in [0.25, 0.3) is 11.0 Å². The number of furan rings is 1. The van der Waals surface area contributed by atoms with Crippen LogP contribution in [0.4, 0.5) is 5.69 Å². The van der Waals surface area contributed by atoms with Crippen LogP contribution in [0.5, 0.6) is 0 Å². The summed E-state index contributed by atoms with van der Waals surface area (Å²) in [5.41, 5.74) is 2.46. The highest BCUT2D eigenvalue weighted by molar-refractivity contribution is 6.34. The first kappa shape index (κ1) is 22.3. The molecule has 1 spiro atoms. The number of halogens is 1. The number of benzene rings is 1. The van der Waals surface area contributed by atoms with Crippen molar-refractivity contribution in [1.29, 1.82) is 0 Å². The van der Waals surface area contributed by atoms with Gasteiger partial charge in [-0.2, -0.15) is 0 Å². The van der Waals surface area contributed by atoms with Crippen LogP contribution >= 0.6 is 11.6 Å². The van der Waals surface area contributed by atoms with E-state index in [-0.39, 0.29) is 11.4 Å². The molecule has 2 aliphatic heterocycles. The second kappa shape index (κ2) is 8.80. The number of fused-ring (bicyclic) bond motifs is 4. The third-order valence-electron chi connectivity index (χ3n) is 8.51. The van der Waals surface area contributed by atoms with E-state index in [1.807, 2.05) is 17.0 Å². The van der Waals surface area contributed by atoms with Gasteiger partial charge in [-0.05, 0) is 37.8 Å². The van der Waals surface area contributed by atoms with Crippen molar-refractivity contribution in [3.05, 3.63) is 40.9 Å². The number of nitrogens with one attached hydrogen (secondary N) is 2. The van der Waals surface area contributed by atoms with E-state index in [1.54, 1.807) is 0 Å². The fourth-order valence-corrected chi connectivity index (χ4v) is 7.05. The Balaban J connectivity index is 1.28. The van der Waals surface area contributed by atoms with Gasteiger partial charge in [-0.1, -0.05) is 56.7 Å². The molecule has 4 aliphatic rings. The van der Waals surface area contributed by atoms with Gasteiger partial charge >= 0.3 is 0 Å². The Labute approximate surface area is 206 Å². The van der Waals surface area contributed by atoms with E-state index < -0.39 is 0 Å². The maximum atomic E-state index is 13.5. The topological polar surface area (TPSA) is 60.8 Å². The van der Waals surface area contributed by atoms with Gasteiger partial charge in [0.15, 0.2) is 5.76 Å². The average Bonchev–Trinajstić information content (AvgIpc) is 3.28. The Morgan fingerprint density at radius 2 is 1.74 bits per heavy atom. The molecule has 2 aliphatic carbocycles. The second-order valence-corrected chi connectivity index (χ2v) is 11.0. The SMILES string of the molecule is C=C1Nc2c(Cl)cc3cc(C(=O)N4CCN(C5CCCCC5)CC4)oc3c2C2(CCCCC2)N1. The number of carbonyl (C=O) groups is 1. The summed E-state index contributed by atoms with van der Waals surface area (Å²) in [6.45, 7) is 7.58. The lowest BCUT2D eigenvalue weighted by Gasteiger charge is -2.44. The van der Waals surface area contributed by atoms with Crippen LogP contribution in [0, 0.1) is 0 Å². The number of rotatable bonds is 2. The first-order valence-electron chi connectivity index (χ1n) is 13.1. The highest BCUT2D eigenvalue weighted by Crippen LogP contribution is 2.49. The number of carbonyl (C=O) groups excluding carboxylic acids is 1. The summed E-state index contributed by atoms with van der Waals surface area (Å²) in [5.74, 6) is 1.18. The van der Waals surface area contributed by atoms with Gasteiger partial charge in [0.25, 0.3) is 5.91 Å². The van der Waals surface area contributed by atoms with Crippen molar-refractivity contribution >= 4 is 34.2 Å². The molecular weight excluding hydrogens is 448 g/mol. The van der Waals surface area contributed by atoms with Gasteiger partial charge in [0.1, 0.15) is 5.58 Å². The van der Waals surface area contributed by atoms with E-state index in [1.165, 1.54) is 38.5 Å². The standard InChI is InChI=1S/C27H35ClN4O2/c1-18-29-24-21(28)16-19-17-22(34-25(19)23(24)27(30-18)10-6-3-7-11-27)26(33)32-14-12-31(13-15-32)20-8-4-2-5-9-20/h16-17,20,29-30H,1-15H2. The van der Waals surface area contributed by atoms with Crippen LogP contribution in [0.1, 0.15) is 80.3 Å². The molecule has 7 heteroatoms. The molecule has 6 nitrogen and oxygen atoms in total. The van der Waals surface area contributed by atoms with Crippen molar-refractivity contribution in [2.45, 2.75) is 75.8 Å². The summed E-state index contributed by atoms with van der Waals surface area (Å²) in [6.07, 6.45) is 12.2. The van der Waals surface area contributed by atoms with Crippen LogP contribution in [0.2, 0.25) is 5.02 Å². The minimum Gasteiger partial charge on any atom is -0.450 e. The molecule has 0 bridgehead atoms. The van der Waals surface area contributed by atoms with Gasteiger partial charge < -0.3 is 20.0 Å². The zero-order valence-corrected chi connectivity index (χ0v) is 20.7. The molecule has 2 aromatic rings. The maximum absolute atomic E-state index is 13.5. The molecule has 1 aromatic heterocycles. The number of amides is 1. The third-order valence-corrected chi connectivity index (χ3v) is 8.81. The molecule has 6 rings (SSSR count). The largest absolute Gasteiger partial charge is 0.450 e. The highest BCUT2D eigenvalue weighted by atomic mass is 35.5. The van der Waals surface area contributed by atoms with Crippen LogP contribution in [0.3, 0.4) is 0 Å². The first-order valence-corrected chi connectivity index (χ1v) is 13.5. The lowest BCUT2D eigenvalue weighted by Crippen LogP contribution is -2.52. The number of nitrogens with zero attached hydrogens (tertiary/aromatic N) is 2. The number of piperazine rings is 1. The van der Waals surface area contributed by atoms with Crippen molar-refractivity contribution < 1.29 is 9.21 Å². The fourth-order valence-electron chi connectivity index (χ4n) is 6.79. The summed E-state index contributed by atoms with van der Waals surface area (Å²) in [7, 11) is 0. The Kier molecular flexibility index (Phi) is 5.77. The van der Waals surface area contributed by atoms with Crippen LogP contribution in [0.15, 0.2) is 28.9 Å². The van der Waals surface area contributed by atoms with Gasteiger partial charge in [0, 0.05) is 43.2 Å². The zero-order chi connectivity index (χ0) is 23.3. The summed E-state index contributed by atoms with van der Waals surface area (Å²) in [4.78, 5) is 18.0. The Bertz CT molecular complexity index is 1110. The molecule has 1 saturated heterocycles. The summed E-state index contributed by atoms with van der Waals surface area (Å²) >= 11 is 6.74. The number of anilines is 1. The Hall–Kier alpha value is -2.18. The van der Waals surface area contributed by atoms with Crippen molar-refractivity contribution in [2.24, 2.45) is 0 Å². The fraction of sp³-hybridized carbons (Fsp3) is 0.593. The molecule has 2 N–H and O–H groups in total. The number of hydrogen-bond acceptors (Lipinski definition) is 5. The predicted molar refractivity (Wildman–Crippen MR) is 136 cm³/mol. The van der Waals surface area contributed by atoms with E-state index >= 15 is 0 Å². The van der Waals surface area contributed by atoms with Gasteiger partial charge in [-0.25, -0.2) is 0 Å². The molecule has 34 heavy (non-hydrogen) atoms. The van der Waals surface area contributed by atoms with Crippen molar-refractivity contribution in [1.82, 2.24) is 15.1 Å². The third kappa shape index (κ3) is 3.79. The summed E-state index contributed by atoms with van der Waals surface area (Å²) in [6, 6.07) is 4.50. The van der Waals surface area contributed by atoms with E-state index in [0.717, 1.165) is 79.9 Å². The van der Waals surface area contributed by atoms with Gasteiger partial charge in [0.05, 0.1) is 22.1 Å². The van der Waals surface area contributed by atoms with Crippen molar-refractivity contribution in [3.8, 4) is 0 Å². The van der Waals surface area contributed by atoms with E-state index in [2.05, 4.69) is 22.1 Å². The molecular formula is C27H35ClN4O2. The van der Waals surface area contributed by atoms with Crippen LogP contribution in [-0.2, 0) is 5.54 Å². The summed E-state index contributed by atoms with van der Waals surface area (Å²) in [5, 5.41) is 8.50. The lowest BCUT2D eigenvalue weighted by atomic mass is 9.74. The molecule has 3 fully saturated rings. The quantitative estimate of drug-likeness (QED) is 0.564. The van der Waals surface area contributed by atoms with Gasteiger partial charge in [-0.3, -0.25) is 9.69 Å². The van der Waals surface area contributed by atoms with Crippen molar-refractivity contribution in [2.75, 3.05) is 31.5 Å². The molecule has 2 saturated carbocycles. The Morgan fingerprint density at radius 3 is 2.47 bits per heavy atom. The Morgan fingerprint density at radius 1 is 1.03 bits per heavy atom. The second-order valence-electron chi connectivity index (χ2n) is 10.6. The number of hydrogen-bond donors (Lipinski definition) is 2. The summed E-state index contributed by atoms with van der Waals surface area (Å²) < 4.78 is 6.37. The van der Waals surface area contributed by atoms with E-state index in [9.17, 15) is 4.79 Å². The smallest absolute Gasteiger partial charge is 0.289 e. The first-order chi connectivity index (χ1) is 16.5. The van der Waals surface area contributed by atoms with Gasteiger partial charge in [0.2, 0.25) is 0 Å². The monoisotopic (exact) mass is 482 g/mol. The average molecular weight is 483 g/mol. The van der Waals surface area contributed by atoms with Crippen LogP contribution in [-0.4, -0.2) is 47.9 Å². The molecule has 3 heterocycles. The highest BCUT2D eigenvalue weighted by Gasteiger charge is 2.42. The van der Waals surface area contributed by atoms with E-state index in [4.69, 9.17) is 16.0 Å². The molecule has 182 valence electrons. The molecule has 0 radical (unpaired) electrons. The van der Waals surface area contributed by atoms with E-state index in [0.29, 0.717) is 16.8 Å². The molecule has 0 atom stereocenters. The molecule has 0 unspecified atom stereocenters. The minimum atomic E-state index is -0.247. The minimum absolute atomic E-state index is 0.0109. The van der Waals surface area contributed by atoms with Crippen LogP contribution < -0.4 is 10.6 Å². The maximum Gasteiger partial charge on any atom is 0.289 e. The van der Waals surface area contributed by atoms with Crippen molar-refractivity contribution in [3.63, 3.8) is 0 Å².